The van der Waals surface area contributed by atoms with Crippen LogP contribution in [0.15, 0.2) is 18.2 Å². The lowest BCUT2D eigenvalue weighted by atomic mass is 10.2. The van der Waals surface area contributed by atoms with Gasteiger partial charge in [-0.05, 0) is 18.1 Å². The molecule has 4 nitrogen and oxygen atoms in total. The zero-order chi connectivity index (χ0) is 14.4. The van der Waals surface area contributed by atoms with Crippen LogP contribution in [0.3, 0.4) is 0 Å². The van der Waals surface area contributed by atoms with Gasteiger partial charge in [0.05, 0.1) is 10.6 Å². The fourth-order valence-electron chi connectivity index (χ4n) is 1.38. The van der Waals surface area contributed by atoms with E-state index in [0.29, 0.717) is 28.8 Å². The van der Waals surface area contributed by atoms with Crippen LogP contribution in [0, 0.1) is 5.92 Å². The smallest absolute Gasteiger partial charge is 0.257 e. The quantitative estimate of drug-likeness (QED) is 0.790. The first-order valence-electron chi connectivity index (χ1n) is 5.89. The number of amides is 1. The first kappa shape index (κ1) is 15.7. The summed E-state index contributed by atoms with van der Waals surface area (Å²) < 4.78 is 5.41. The van der Waals surface area contributed by atoms with Gasteiger partial charge in [0.1, 0.15) is 10.7 Å². The maximum absolute atomic E-state index is 11.6. The van der Waals surface area contributed by atoms with Crippen molar-refractivity contribution in [2.45, 2.75) is 13.8 Å². The second kappa shape index (κ2) is 7.31. The molecule has 0 aliphatic heterocycles. The number of carbonyl (C=O) groups is 1. The van der Waals surface area contributed by atoms with Crippen molar-refractivity contribution >= 4 is 34.7 Å². The molecule has 1 amide bonds. The van der Waals surface area contributed by atoms with Gasteiger partial charge in [0.2, 0.25) is 0 Å². The lowest BCUT2D eigenvalue weighted by molar-refractivity contribution is -0.123. The molecule has 1 aromatic carbocycles. The first-order valence-corrected chi connectivity index (χ1v) is 6.68. The van der Waals surface area contributed by atoms with E-state index in [4.69, 9.17) is 34.3 Å². The average molecular weight is 301 g/mol. The normalized spacial score (nSPS) is 10.3. The zero-order valence-electron chi connectivity index (χ0n) is 10.9. The van der Waals surface area contributed by atoms with Crippen molar-refractivity contribution in [2.24, 2.45) is 11.7 Å². The van der Waals surface area contributed by atoms with Gasteiger partial charge in [-0.15, -0.1) is 0 Å². The van der Waals surface area contributed by atoms with Crippen LogP contribution in [0.5, 0.6) is 5.75 Å². The summed E-state index contributed by atoms with van der Waals surface area (Å²) in [6.45, 7) is 4.55. The monoisotopic (exact) mass is 300 g/mol. The van der Waals surface area contributed by atoms with Gasteiger partial charge >= 0.3 is 0 Å². The zero-order valence-corrected chi connectivity index (χ0v) is 12.5. The third kappa shape index (κ3) is 5.04. The van der Waals surface area contributed by atoms with E-state index in [0.717, 1.165) is 0 Å². The Morgan fingerprint density at radius 1 is 1.53 bits per heavy atom. The molecule has 0 aliphatic carbocycles. The molecule has 0 spiro atoms. The number of ether oxygens (including phenoxy) is 1. The molecular formula is C13H17ClN2O2S. The number of carbonyl (C=O) groups excluding carboxylic acids is 1. The first-order chi connectivity index (χ1) is 8.91. The summed E-state index contributed by atoms with van der Waals surface area (Å²) in [5.74, 6) is 0.615. The Hall–Kier alpha value is -1.33. The van der Waals surface area contributed by atoms with Gasteiger partial charge in [0, 0.05) is 6.54 Å². The van der Waals surface area contributed by atoms with E-state index in [9.17, 15) is 4.79 Å². The van der Waals surface area contributed by atoms with Crippen LogP contribution in [0.25, 0.3) is 0 Å². The molecule has 0 aliphatic rings. The van der Waals surface area contributed by atoms with Gasteiger partial charge in [-0.25, -0.2) is 0 Å². The van der Waals surface area contributed by atoms with E-state index in [-0.39, 0.29) is 17.5 Å². The lowest BCUT2D eigenvalue weighted by Gasteiger charge is -2.12. The topological polar surface area (TPSA) is 64.3 Å². The molecule has 0 radical (unpaired) electrons. The number of rotatable bonds is 6. The standard InChI is InChI=1S/C13H17ClN2O2S/c1-8(2)6-16-11(17)7-18-10-5-3-4-9(14)12(10)13(15)19/h3-5,8H,6-7H2,1-2H3,(H2,15,19)(H,16,17). The molecule has 0 atom stereocenters. The van der Waals surface area contributed by atoms with Crippen LogP contribution in [0.2, 0.25) is 5.02 Å². The minimum absolute atomic E-state index is 0.0946. The Labute approximate surface area is 123 Å². The molecule has 0 saturated heterocycles. The number of hydrogen-bond donors (Lipinski definition) is 2. The summed E-state index contributed by atoms with van der Waals surface area (Å²) in [6.07, 6.45) is 0. The summed E-state index contributed by atoms with van der Waals surface area (Å²) in [4.78, 5) is 11.7. The minimum Gasteiger partial charge on any atom is -0.483 e. The predicted molar refractivity (Wildman–Crippen MR) is 80.7 cm³/mol. The molecule has 0 saturated carbocycles. The van der Waals surface area contributed by atoms with Gasteiger partial charge in [0.15, 0.2) is 6.61 Å². The summed E-state index contributed by atoms with van der Waals surface area (Å²) in [5.41, 5.74) is 6.04. The molecule has 19 heavy (non-hydrogen) atoms. The highest BCUT2D eigenvalue weighted by Gasteiger charge is 2.12. The molecule has 0 unspecified atom stereocenters. The molecule has 1 aromatic rings. The van der Waals surface area contributed by atoms with Crippen molar-refractivity contribution in [1.29, 1.82) is 0 Å². The summed E-state index contributed by atoms with van der Waals surface area (Å²) in [5, 5.41) is 3.16. The molecular weight excluding hydrogens is 284 g/mol. The van der Waals surface area contributed by atoms with E-state index < -0.39 is 0 Å². The third-order valence-corrected chi connectivity index (χ3v) is 2.81. The fraction of sp³-hybridized carbons (Fsp3) is 0.385. The van der Waals surface area contributed by atoms with Gasteiger partial charge in [-0.2, -0.15) is 0 Å². The number of thiocarbonyl (C=S) groups is 1. The van der Waals surface area contributed by atoms with Crippen molar-refractivity contribution in [2.75, 3.05) is 13.2 Å². The van der Waals surface area contributed by atoms with Gasteiger partial charge in [-0.3, -0.25) is 4.79 Å². The van der Waals surface area contributed by atoms with Gasteiger partial charge < -0.3 is 15.8 Å². The van der Waals surface area contributed by atoms with Crippen molar-refractivity contribution in [3.05, 3.63) is 28.8 Å². The van der Waals surface area contributed by atoms with E-state index in [1.807, 2.05) is 13.8 Å². The molecule has 0 heterocycles. The molecule has 104 valence electrons. The van der Waals surface area contributed by atoms with Crippen molar-refractivity contribution < 1.29 is 9.53 Å². The fourth-order valence-corrected chi connectivity index (χ4v) is 1.91. The van der Waals surface area contributed by atoms with Crippen LogP contribution in [-0.4, -0.2) is 24.0 Å². The minimum atomic E-state index is -0.192. The maximum Gasteiger partial charge on any atom is 0.257 e. The molecule has 0 aromatic heterocycles. The lowest BCUT2D eigenvalue weighted by Crippen LogP contribution is -2.32. The second-order valence-electron chi connectivity index (χ2n) is 4.46. The van der Waals surface area contributed by atoms with Crippen LogP contribution < -0.4 is 15.8 Å². The number of nitrogens with two attached hydrogens (primary N) is 1. The number of nitrogens with one attached hydrogen (secondary N) is 1. The van der Waals surface area contributed by atoms with E-state index in [1.165, 1.54) is 0 Å². The third-order valence-electron chi connectivity index (χ3n) is 2.29. The Balaban J connectivity index is 2.65. The van der Waals surface area contributed by atoms with Crippen molar-refractivity contribution in [3.8, 4) is 5.75 Å². The highest BCUT2D eigenvalue weighted by molar-refractivity contribution is 7.80. The van der Waals surface area contributed by atoms with E-state index in [2.05, 4.69) is 5.32 Å². The number of hydrogen-bond acceptors (Lipinski definition) is 3. The van der Waals surface area contributed by atoms with Crippen LogP contribution in [-0.2, 0) is 4.79 Å². The van der Waals surface area contributed by atoms with Crippen molar-refractivity contribution in [3.63, 3.8) is 0 Å². The van der Waals surface area contributed by atoms with Gasteiger partial charge in [0.25, 0.3) is 5.91 Å². The SMILES string of the molecule is CC(C)CNC(=O)COc1cccc(Cl)c1C(N)=S. The Morgan fingerprint density at radius 2 is 2.21 bits per heavy atom. The van der Waals surface area contributed by atoms with E-state index >= 15 is 0 Å². The summed E-state index contributed by atoms with van der Waals surface area (Å²) in [7, 11) is 0. The summed E-state index contributed by atoms with van der Waals surface area (Å²) in [6, 6.07) is 5.06. The Bertz CT molecular complexity index is 478. The molecule has 6 heteroatoms. The predicted octanol–water partition coefficient (Wildman–Crippen LogP) is 2.13. The highest BCUT2D eigenvalue weighted by atomic mass is 35.5. The van der Waals surface area contributed by atoms with Crippen molar-refractivity contribution in [1.82, 2.24) is 5.32 Å². The molecule has 3 N–H and O–H groups in total. The number of halogens is 1. The largest absolute Gasteiger partial charge is 0.483 e. The summed E-state index contributed by atoms with van der Waals surface area (Å²) >= 11 is 10.9. The Kier molecular flexibility index (Phi) is 6.05. The second-order valence-corrected chi connectivity index (χ2v) is 5.31. The van der Waals surface area contributed by atoms with Crippen LogP contribution >= 0.6 is 23.8 Å². The Morgan fingerprint density at radius 3 is 2.79 bits per heavy atom. The van der Waals surface area contributed by atoms with Crippen LogP contribution in [0.4, 0.5) is 0 Å². The molecule has 0 fully saturated rings. The highest BCUT2D eigenvalue weighted by Crippen LogP contribution is 2.26. The van der Waals surface area contributed by atoms with Gasteiger partial charge in [-0.1, -0.05) is 43.7 Å². The molecule has 1 rings (SSSR count). The number of benzene rings is 1. The molecule has 0 bridgehead atoms. The van der Waals surface area contributed by atoms with E-state index in [1.54, 1.807) is 18.2 Å². The average Bonchev–Trinajstić information content (AvgIpc) is 2.33. The van der Waals surface area contributed by atoms with Crippen LogP contribution in [0.1, 0.15) is 19.4 Å². The maximum atomic E-state index is 11.6.